The molecule has 0 aromatic rings. The third-order valence-electron chi connectivity index (χ3n) is 2.68. The largest absolute Gasteiger partial charge is 0.389 e. The van der Waals surface area contributed by atoms with Crippen LogP contribution in [0.4, 0.5) is 13.2 Å². The van der Waals surface area contributed by atoms with E-state index >= 15 is 0 Å². The van der Waals surface area contributed by atoms with E-state index in [0.29, 0.717) is 11.8 Å². The maximum Gasteiger partial charge on any atom is 0.389 e. The zero-order valence-electron chi connectivity index (χ0n) is 5.49. The monoisotopic (exact) mass is 150 g/mol. The van der Waals surface area contributed by atoms with Gasteiger partial charge in [0.15, 0.2) is 0 Å². The Labute approximate surface area is 57.4 Å². The lowest BCUT2D eigenvalue weighted by molar-refractivity contribution is -0.151. The topological polar surface area (TPSA) is 0 Å². The van der Waals surface area contributed by atoms with Crippen LogP contribution in [0.15, 0.2) is 0 Å². The van der Waals surface area contributed by atoms with Crippen LogP contribution < -0.4 is 0 Å². The highest BCUT2D eigenvalue weighted by Gasteiger charge is 2.55. The van der Waals surface area contributed by atoms with Crippen LogP contribution in [0.3, 0.4) is 0 Å². The molecule has 2 fully saturated rings. The highest BCUT2D eigenvalue weighted by atomic mass is 19.4. The van der Waals surface area contributed by atoms with Gasteiger partial charge in [0.2, 0.25) is 0 Å². The van der Waals surface area contributed by atoms with Crippen molar-refractivity contribution in [3.05, 3.63) is 0 Å². The van der Waals surface area contributed by atoms with Crippen molar-refractivity contribution in [3.63, 3.8) is 0 Å². The molecule has 2 saturated carbocycles. The van der Waals surface area contributed by atoms with Gasteiger partial charge in [0, 0.05) is 6.42 Å². The summed E-state index contributed by atoms with van der Waals surface area (Å²) >= 11 is 0. The predicted molar refractivity (Wildman–Crippen MR) is 30.4 cm³/mol. The molecular weight excluding hydrogens is 141 g/mol. The quantitative estimate of drug-likeness (QED) is 0.539. The van der Waals surface area contributed by atoms with E-state index in [0.717, 1.165) is 12.8 Å². The minimum Gasteiger partial charge on any atom is -0.171 e. The van der Waals surface area contributed by atoms with Gasteiger partial charge < -0.3 is 0 Å². The van der Waals surface area contributed by atoms with Gasteiger partial charge in [-0.1, -0.05) is 0 Å². The SMILES string of the molecule is FC(F)(F)CC1CC2CC21. The van der Waals surface area contributed by atoms with Gasteiger partial charge in [0.1, 0.15) is 0 Å². The van der Waals surface area contributed by atoms with Crippen LogP contribution in [0.2, 0.25) is 0 Å². The zero-order valence-corrected chi connectivity index (χ0v) is 5.49. The molecule has 0 aliphatic heterocycles. The van der Waals surface area contributed by atoms with Crippen molar-refractivity contribution in [2.75, 3.05) is 0 Å². The maximum absolute atomic E-state index is 11.7. The summed E-state index contributed by atoms with van der Waals surface area (Å²) in [5, 5.41) is 0. The molecule has 2 aliphatic rings. The fraction of sp³-hybridized carbons (Fsp3) is 1.00. The highest BCUT2D eigenvalue weighted by molar-refractivity contribution is 5.02. The highest BCUT2D eigenvalue weighted by Crippen LogP contribution is 2.62. The average molecular weight is 150 g/mol. The molecule has 0 bridgehead atoms. The maximum atomic E-state index is 11.7. The molecule has 0 N–H and O–H groups in total. The van der Waals surface area contributed by atoms with E-state index in [1.807, 2.05) is 0 Å². The van der Waals surface area contributed by atoms with E-state index in [2.05, 4.69) is 0 Å². The standard InChI is InChI=1S/C7H9F3/c8-7(9,10)3-5-1-4-2-6(4)5/h4-6H,1-3H2. The van der Waals surface area contributed by atoms with Gasteiger partial charge >= 0.3 is 6.18 Å². The minimum atomic E-state index is -3.92. The van der Waals surface area contributed by atoms with Crippen molar-refractivity contribution in [1.82, 2.24) is 0 Å². The smallest absolute Gasteiger partial charge is 0.171 e. The second-order valence-electron chi connectivity index (χ2n) is 3.47. The normalized spacial score (nSPS) is 44.1. The van der Waals surface area contributed by atoms with Gasteiger partial charge in [-0.05, 0) is 30.6 Å². The molecule has 2 rings (SSSR count). The molecular formula is C7H9F3. The summed E-state index contributed by atoms with van der Waals surface area (Å²) in [4.78, 5) is 0. The third kappa shape index (κ3) is 1.02. The Balaban J connectivity index is 1.80. The van der Waals surface area contributed by atoms with Crippen LogP contribution in [-0.2, 0) is 0 Å². The van der Waals surface area contributed by atoms with Crippen molar-refractivity contribution in [2.24, 2.45) is 17.8 Å². The van der Waals surface area contributed by atoms with Gasteiger partial charge in [0.25, 0.3) is 0 Å². The number of halogens is 3. The summed E-state index contributed by atoms with van der Waals surface area (Å²) in [6, 6.07) is 0. The Morgan fingerprint density at radius 1 is 1.20 bits per heavy atom. The molecule has 3 atom stereocenters. The van der Waals surface area contributed by atoms with Gasteiger partial charge in [-0.15, -0.1) is 0 Å². The fourth-order valence-corrected chi connectivity index (χ4v) is 2.02. The lowest BCUT2D eigenvalue weighted by atomic mass is 9.83. The first-order valence-electron chi connectivity index (χ1n) is 3.63. The van der Waals surface area contributed by atoms with E-state index in [4.69, 9.17) is 0 Å². The molecule has 3 unspecified atom stereocenters. The first kappa shape index (κ1) is 6.50. The van der Waals surface area contributed by atoms with E-state index < -0.39 is 12.6 Å². The summed E-state index contributed by atoms with van der Waals surface area (Å²) in [5.74, 6) is 1.14. The van der Waals surface area contributed by atoms with E-state index in [-0.39, 0.29) is 5.92 Å². The van der Waals surface area contributed by atoms with Gasteiger partial charge in [0.05, 0.1) is 0 Å². The molecule has 0 heterocycles. The third-order valence-corrected chi connectivity index (χ3v) is 2.68. The van der Waals surface area contributed by atoms with E-state index in [9.17, 15) is 13.2 Å². The Morgan fingerprint density at radius 2 is 1.90 bits per heavy atom. The van der Waals surface area contributed by atoms with Crippen molar-refractivity contribution in [1.29, 1.82) is 0 Å². The lowest BCUT2D eigenvalue weighted by Gasteiger charge is -2.25. The number of hydrogen-bond acceptors (Lipinski definition) is 0. The summed E-state index contributed by atoms with van der Waals surface area (Å²) in [6.07, 6.45) is -2.54. The van der Waals surface area contributed by atoms with Crippen molar-refractivity contribution < 1.29 is 13.2 Å². The molecule has 58 valence electrons. The van der Waals surface area contributed by atoms with Crippen LogP contribution in [0.5, 0.6) is 0 Å². The second kappa shape index (κ2) is 1.69. The van der Waals surface area contributed by atoms with Crippen LogP contribution in [0, 0.1) is 17.8 Å². The van der Waals surface area contributed by atoms with E-state index in [1.165, 1.54) is 0 Å². The molecule has 10 heavy (non-hydrogen) atoms. The second-order valence-corrected chi connectivity index (χ2v) is 3.47. The van der Waals surface area contributed by atoms with Crippen LogP contribution >= 0.6 is 0 Å². The van der Waals surface area contributed by atoms with Crippen LogP contribution in [-0.4, -0.2) is 6.18 Å². The molecule has 3 heteroatoms. The lowest BCUT2D eigenvalue weighted by Crippen LogP contribution is -2.23. The van der Waals surface area contributed by atoms with Crippen LogP contribution in [0.1, 0.15) is 19.3 Å². The number of alkyl halides is 3. The van der Waals surface area contributed by atoms with Crippen molar-refractivity contribution >= 4 is 0 Å². The molecule has 2 aliphatic carbocycles. The molecule has 0 saturated heterocycles. The summed E-state index contributed by atoms with van der Waals surface area (Å²) in [6.45, 7) is 0. The number of rotatable bonds is 1. The molecule has 0 nitrogen and oxygen atoms in total. The first-order valence-corrected chi connectivity index (χ1v) is 3.63. The number of hydrogen-bond donors (Lipinski definition) is 0. The summed E-state index contributed by atoms with van der Waals surface area (Å²) in [5.41, 5.74) is 0. The summed E-state index contributed by atoms with van der Waals surface area (Å²) < 4.78 is 35.2. The Hall–Kier alpha value is -0.210. The average Bonchev–Trinajstić information content (AvgIpc) is 2.33. The fourth-order valence-electron chi connectivity index (χ4n) is 2.02. The van der Waals surface area contributed by atoms with Gasteiger partial charge in [-0.2, -0.15) is 13.2 Å². The van der Waals surface area contributed by atoms with Crippen molar-refractivity contribution in [2.45, 2.75) is 25.4 Å². The first-order chi connectivity index (χ1) is 4.56. The molecule has 0 spiro atoms. The molecule has 0 aromatic heterocycles. The number of fused-ring (bicyclic) bond motifs is 1. The molecule has 0 amide bonds. The predicted octanol–water partition coefficient (Wildman–Crippen LogP) is 2.59. The summed E-state index contributed by atoms with van der Waals surface area (Å²) in [7, 11) is 0. The minimum absolute atomic E-state index is 0.00926. The Morgan fingerprint density at radius 3 is 2.20 bits per heavy atom. The van der Waals surface area contributed by atoms with E-state index in [1.54, 1.807) is 0 Å². The Bertz CT molecular complexity index is 149. The van der Waals surface area contributed by atoms with Crippen LogP contribution in [0.25, 0.3) is 0 Å². The van der Waals surface area contributed by atoms with Gasteiger partial charge in [-0.3, -0.25) is 0 Å². The Kier molecular flexibility index (Phi) is 1.10. The van der Waals surface area contributed by atoms with Crippen molar-refractivity contribution in [3.8, 4) is 0 Å². The van der Waals surface area contributed by atoms with Gasteiger partial charge in [-0.25, -0.2) is 0 Å². The molecule has 0 aromatic carbocycles. The molecule has 0 radical (unpaired) electrons. The zero-order chi connectivity index (χ0) is 7.35.